The number of urea groups is 1. The maximum atomic E-state index is 12.7. The number of carbonyl (C=O) groups excluding carboxylic acids is 3. The van der Waals surface area contributed by atoms with Gasteiger partial charge >= 0.3 is 12.0 Å². The summed E-state index contributed by atoms with van der Waals surface area (Å²) in [4.78, 5) is 37.6. The number of para-hydroxylation sites is 1. The van der Waals surface area contributed by atoms with E-state index in [1.54, 1.807) is 44.3 Å². The molecule has 0 unspecified atom stereocenters. The number of benzene rings is 3. The van der Waals surface area contributed by atoms with Gasteiger partial charge in [0.05, 0.1) is 43.2 Å². The minimum Gasteiger partial charge on any atom is -0.493 e. The lowest BCUT2D eigenvalue weighted by atomic mass is 9.95. The van der Waals surface area contributed by atoms with Crippen molar-refractivity contribution < 1.29 is 28.6 Å². The quantitative estimate of drug-likeness (QED) is 0.124. The van der Waals surface area contributed by atoms with E-state index in [0.717, 1.165) is 27.7 Å². The van der Waals surface area contributed by atoms with Gasteiger partial charge in [-0.1, -0.05) is 42.5 Å². The molecular formula is C35H34N6O6. The van der Waals surface area contributed by atoms with Gasteiger partial charge in [-0.25, -0.2) is 15.0 Å². The smallest absolute Gasteiger partial charge is 0.338 e. The Morgan fingerprint density at radius 3 is 2.62 bits per heavy atom. The minimum atomic E-state index is -0.779. The number of hydrogen-bond donors (Lipinski definition) is 3. The molecule has 0 saturated carbocycles. The summed E-state index contributed by atoms with van der Waals surface area (Å²) in [5, 5.41) is 20.1. The monoisotopic (exact) mass is 634 g/mol. The van der Waals surface area contributed by atoms with E-state index < -0.39 is 23.9 Å². The molecule has 3 amide bonds. The fourth-order valence-electron chi connectivity index (χ4n) is 5.51. The number of aromatic nitrogens is 1. The highest BCUT2D eigenvalue weighted by molar-refractivity contribution is 6.01. The van der Waals surface area contributed by atoms with Crippen LogP contribution in [0.3, 0.4) is 0 Å². The van der Waals surface area contributed by atoms with Crippen LogP contribution in [0.5, 0.6) is 11.5 Å². The second kappa shape index (κ2) is 14.3. The minimum absolute atomic E-state index is 0.180. The highest BCUT2D eigenvalue weighted by Crippen LogP contribution is 2.34. The fourth-order valence-corrected chi connectivity index (χ4v) is 5.51. The number of amides is 3. The molecule has 12 heteroatoms. The lowest BCUT2D eigenvalue weighted by molar-refractivity contribution is -0.139. The van der Waals surface area contributed by atoms with Crippen molar-refractivity contribution >= 4 is 35.0 Å². The average Bonchev–Trinajstić information content (AvgIpc) is 3.33. The summed E-state index contributed by atoms with van der Waals surface area (Å²) in [6.07, 6.45) is 1.60. The van der Waals surface area contributed by atoms with E-state index in [2.05, 4.69) is 31.8 Å². The van der Waals surface area contributed by atoms with E-state index >= 15 is 0 Å². The third-order valence-corrected chi connectivity index (χ3v) is 7.77. The van der Waals surface area contributed by atoms with E-state index in [4.69, 9.17) is 14.2 Å². The SMILES string of the molecule is CCOC(=O)C1=C(C)NC(=O)N[C@@H]1c1ccc(OCC(=O)N/N=C/c2c(C)n(Cc3ccccc3C#N)c3ccccc23)c(OC)c1. The van der Waals surface area contributed by atoms with Gasteiger partial charge in [-0.2, -0.15) is 10.4 Å². The number of nitriles is 1. The number of hydrogen-bond acceptors (Lipinski definition) is 8. The first-order valence-corrected chi connectivity index (χ1v) is 14.9. The maximum absolute atomic E-state index is 12.7. The standard InChI is InChI=1S/C35H34N6O6/c1-5-46-34(43)32-21(2)38-35(44)39-33(32)23-14-15-29(30(16-23)45-4)47-20-31(42)40-37-18-27-22(3)41(28-13-9-8-12-26(27)28)19-25-11-7-6-10-24(25)17-36/h6-16,18,33H,5,19-20H2,1-4H3,(H,40,42)(H2,38,39,44)/b37-18+/t33-/m1/s1. The van der Waals surface area contributed by atoms with Crippen LogP contribution in [0.2, 0.25) is 0 Å². The molecule has 0 aliphatic carbocycles. The van der Waals surface area contributed by atoms with Gasteiger partial charge in [-0.05, 0) is 56.2 Å². The molecular weight excluding hydrogens is 600 g/mol. The molecule has 0 fully saturated rings. The first-order valence-electron chi connectivity index (χ1n) is 14.9. The topological polar surface area (TPSA) is 156 Å². The number of hydrazone groups is 1. The van der Waals surface area contributed by atoms with E-state index in [1.165, 1.54) is 7.11 Å². The zero-order valence-corrected chi connectivity index (χ0v) is 26.4. The molecule has 2 heterocycles. The number of rotatable bonds is 11. The Kier molecular flexibility index (Phi) is 9.86. The van der Waals surface area contributed by atoms with E-state index in [9.17, 15) is 19.6 Å². The Bertz CT molecular complexity index is 1950. The Morgan fingerprint density at radius 2 is 1.85 bits per heavy atom. The van der Waals surface area contributed by atoms with Crippen molar-refractivity contribution in [3.63, 3.8) is 0 Å². The normalized spacial score (nSPS) is 14.4. The van der Waals surface area contributed by atoms with Crippen LogP contribution < -0.4 is 25.5 Å². The van der Waals surface area contributed by atoms with Crippen LogP contribution in [0.25, 0.3) is 10.9 Å². The van der Waals surface area contributed by atoms with Gasteiger partial charge in [0, 0.05) is 34.4 Å². The number of esters is 1. The van der Waals surface area contributed by atoms with Crippen molar-refractivity contribution in [2.45, 2.75) is 33.4 Å². The van der Waals surface area contributed by atoms with Crippen LogP contribution >= 0.6 is 0 Å². The summed E-state index contributed by atoms with van der Waals surface area (Å²) in [5.74, 6) is -0.465. The zero-order valence-electron chi connectivity index (χ0n) is 26.4. The van der Waals surface area contributed by atoms with Crippen molar-refractivity contribution in [1.29, 1.82) is 5.26 Å². The van der Waals surface area contributed by atoms with Gasteiger partial charge in [-0.15, -0.1) is 0 Å². The lowest BCUT2D eigenvalue weighted by Crippen LogP contribution is -2.45. The Labute approximate surface area is 271 Å². The van der Waals surface area contributed by atoms with E-state index in [1.807, 2.05) is 49.4 Å². The molecule has 1 atom stereocenters. The first kappa shape index (κ1) is 32.3. The molecule has 0 spiro atoms. The van der Waals surface area contributed by atoms with E-state index in [0.29, 0.717) is 29.1 Å². The molecule has 0 radical (unpaired) electrons. The second-order valence-electron chi connectivity index (χ2n) is 10.7. The van der Waals surface area contributed by atoms with Gasteiger partial charge in [0.25, 0.3) is 5.91 Å². The maximum Gasteiger partial charge on any atom is 0.338 e. The van der Waals surface area contributed by atoms with Crippen LogP contribution in [0.4, 0.5) is 4.79 Å². The van der Waals surface area contributed by atoms with Gasteiger partial charge < -0.3 is 29.4 Å². The Balaban J connectivity index is 1.28. The highest BCUT2D eigenvalue weighted by atomic mass is 16.5. The molecule has 4 aromatic rings. The summed E-state index contributed by atoms with van der Waals surface area (Å²) < 4.78 is 18.5. The Morgan fingerprint density at radius 1 is 1.09 bits per heavy atom. The molecule has 5 rings (SSSR count). The van der Waals surface area contributed by atoms with E-state index in [-0.39, 0.29) is 24.5 Å². The molecule has 0 bridgehead atoms. The molecule has 1 aromatic heterocycles. The molecule has 0 saturated heterocycles. The van der Waals surface area contributed by atoms with Crippen LogP contribution in [0.15, 0.2) is 83.1 Å². The van der Waals surface area contributed by atoms with Crippen molar-refractivity contribution in [2.75, 3.05) is 20.3 Å². The fraction of sp³-hybridized carbons (Fsp3) is 0.229. The summed E-state index contributed by atoms with van der Waals surface area (Å²) in [6.45, 7) is 5.64. The molecule has 12 nitrogen and oxygen atoms in total. The number of ether oxygens (including phenoxy) is 3. The van der Waals surface area contributed by atoms with Gasteiger partial charge in [0.1, 0.15) is 0 Å². The van der Waals surface area contributed by atoms with Crippen LogP contribution in [0.1, 0.15) is 47.8 Å². The van der Waals surface area contributed by atoms with Gasteiger partial charge in [0.2, 0.25) is 0 Å². The predicted octanol–water partition coefficient (Wildman–Crippen LogP) is 4.60. The molecule has 47 heavy (non-hydrogen) atoms. The number of fused-ring (bicyclic) bond motifs is 1. The predicted molar refractivity (Wildman–Crippen MR) is 175 cm³/mol. The van der Waals surface area contributed by atoms with Crippen molar-refractivity contribution in [3.8, 4) is 17.6 Å². The highest BCUT2D eigenvalue weighted by Gasteiger charge is 2.32. The van der Waals surface area contributed by atoms with Crippen molar-refractivity contribution in [1.82, 2.24) is 20.6 Å². The van der Waals surface area contributed by atoms with Gasteiger partial charge in [0.15, 0.2) is 18.1 Å². The second-order valence-corrected chi connectivity index (χ2v) is 10.7. The van der Waals surface area contributed by atoms with Crippen molar-refractivity contribution in [3.05, 3.63) is 106 Å². The summed E-state index contributed by atoms with van der Waals surface area (Å²) >= 11 is 0. The molecule has 3 aromatic carbocycles. The Hall–Kier alpha value is -6.09. The van der Waals surface area contributed by atoms with Crippen LogP contribution in [-0.4, -0.2) is 49.0 Å². The summed E-state index contributed by atoms with van der Waals surface area (Å²) in [7, 11) is 1.45. The average molecular weight is 635 g/mol. The first-order chi connectivity index (χ1) is 22.7. The number of nitrogens with one attached hydrogen (secondary N) is 3. The lowest BCUT2D eigenvalue weighted by Gasteiger charge is -2.28. The molecule has 1 aliphatic heterocycles. The van der Waals surface area contributed by atoms with Crippen LogP contribution in [0, 0.1) is 18.3 Å². The number of nitrogens with zero attached hydrogens (tertiary/aromatic N) is 3. The van der Waals surface area contributed by atoms with Crippen LogP contribution in [-0.2, 0) is 20.9 Å². The molecule has 240 valence electrons. The molecule has 1 aliphatic rings. The summed E-state index contributed by atoms with van der Waals surface area (Å²) in [5.41, 5.74) is 8.00. The number of carbonyl (C=O) groups is 3. The third-order valence-electron chi connectivity index (χ3n) is 7.77. The summed E-state index contributed by atoms with van der Waals surface area (Å²) in [6, 6.07) is 21.3. The van der Waals surface area contributed by atoms with Crippen molar-refractivity contribution in [2.24, 2.45) is 5.10 Å². The number of methoxy groups -OCH3 is 1. The largest absolute Gasteiger partial charge is 0.493 e. The molecule has 3 N–H and O–H groups in total. The number of allylic oxidation sites excluding steroid dienone is 1. The zero-order chi connectivity index (χ0) is 33.5. The third kappa shape index (κ3) is 6.94. The van der Waals surface area contributed by atoms with Gasteiger partial charge in [-0.3, -0.25) is 4.79 Å².